The molecule has 13 heavy (non-hydrogen) atoms. The van der Waals surface area contributed by atoms with Gasteiger partial charge in [-0.1, -0.05) is 0 Å². The van der Waals surface area contributed by atoms with E-state index in [9.17, 15) is 0 Å². The first-order chi connectivity index (χ1) is 6.36. The van der Waals surface area contributed by atoms with E-state index in [-0.39, 0.29) is 12.2 Å². The van der Waals surface area contributed by atoms with Crippen LogP contribution in [0, 0.1) is 0 Å². The van der Waals surface area contributed by atoms with Gasteiger partial charge in [-0.05, 0) is 12.8 Å². The maximum atomic E-state index is 5.54. The van der Waals surface area contributed by atoms with Gasteiger partial charge >= 0.3 is 0 Å². The van der Waals surface area contributed by atoms with Crippen LogP contribution in [0.1, 0.15) is 12.8 Å². The fourth-order valence-electron chi connectivity index (χ4n) is 1.39. The molecule has 0 aliphatic carbocycles. The molecule has 0 aromatic rings. The van der Waals surface area contributed by atoms with Gasteiger partial charge in [-0.25, -0.2) is 0 Å². The standard InChI is InChI=1S/C9H19NO3/c1-11-6-9(5-10)13-7-8-3-2-4-12-8/h8-9H,2-7,10H2,1H3. The monoisotopic (exact) mass is 189 g/mol. The molecule has 0 aromatic heterocycles. The Bertz CT molecular complexity index is 126. The van der Waals surface area contributed by atoms with Crippen LogP contribution in [0.15, 0.2) is 0 Å². The molecule has 78 valence electrons. The van der Waals surface area contributed by atoms with Crippen LogP contribution in [0.5, 0.6) is 0 Å². The van der Waals surface area contributed by atoms with E-state index < -0.39 is 0 Å². The number of hydrogen-bond acceptors (Lipinski definition) is 4. The quantitative estimate of drug-likeness (QED) is 0.646. The lowest BCUT2D eigenvalue weighted by Gasteiger charge is -2.17. The number of ether oxygens (including phenoxy) is 3. The van der Waals surface area contributed by atoms with Crippen molar-refractivity contribution in [3.05, 3.63) is 0 Å². The van der Waals surface area contributed by atoms with E-state index >= 15 is 0 Å². The van der Waals surface area contributed by atoms with Gasteiger partial charge in [-0.3, -0.25) is 0 Å². The average Bonchev–Trinajstić information content (AvgIpc) is 2.64. The molecule has 2 atom stereocenters. The van der Waals surface area contributed by atoms with Gasteiger partial charge in [0.15, 0.2) is 0 Å². The molecule has 2 unspecified atom stereocenters. The number of methoxy groups -OCH3 is 1. The van der Waals surface area contributed by atoms with Gasteiger partial charge in [0.1, 0.15) is 0 Å². The first-order valence-corrected chi connectivity index (χ1v) is 4.79. The van der Waals surface area contributed by atoms with E-state index in [0.29, 0.717) is 19.8 Å². The summed E-state index contributed by atoms with van der Waals surface area (Å²) in [5.74, 6) is 0. The summed E-state index contributed by atoms with van der Waals surface area (Å²) in [6.45, 7) is 2.57. The van der Waals surface area contributed by atoms with Gasteiger partial charge < -0.3 is 19.9 Å². The number of rotatable bonds is 6. The zero-order chi connectivity index (χ0) is 9.52. The van der Waals surface area contributed by atoms with Crippen LogP contribution in [0.2, 0.25) is 0 Å². The summed E-state index contributed by atoms with van der Waals surface area (Å²) in [6.07, 6.45) is 2.52. The third kappa shape index (κ3) is 4.04. The van der Waals surface area contributed by atoms with Gasteiger partial charge in [0, 0.05) is 20.3 Å². The molecular weight excluding hydrogens is 170 g/mol. The van der Waals surface area contributed by atoms with E-state index in [0.717, 1.165) is 19.4 Å². The van der Waals surface area contributed by atoms with E-state index in [1.165, 1.54) is 0 Å². The lowest BCUT2D eigenvalue weighted by Crippen LogP contribution is -2.31. The molecule has 0 aromatic carbocycles. The Morgan fingerprint density at radius 1 is 1.62 bits per heavy atom. The van der Waals surface area contributed by atoms with Crippen molar-refractivity contribution < 1.29 is 14.2 Å². The highest BCUT2D eigenvalue weighted by molar-refractivity contribution is 4.65. The highest BCUT2D eigenvalue weighted by Crippen LogP contribution is 2.12. The van der Waals surface area contributed by atoms with Crippen LogP contribution in [0.4, 0.5) is 0 Å². The molecule has 4 heteroatoms. The molecule has 0 amide bonds. The first-order valence-electron chi connectivity index (χ1n) is 4.79. The predicted molar refractivity (Wildman–Crippen MR) is 49.6 cm³/mol. The highest BCUT2D eigenvalue weighted by Gasteiger charge is 2.17. The summed E-state index contributed by atoms with van der Waals surface area (Å²) in [5.41, 5.74) is 5.50. The van der Waals surface area contributed by atoms with Crippen molar-refractivity contribution in [1.82, 2.24) is 0 Å². The predicted octanol–water partition coefficient (Wildman–Crippen LogP) is 0.156. The summed E-state index contributed by atoms with van der Waals surface area (Å²) in [7, 11) is 1.65. The van der Waals surface area contributed by atoms with E-state index in [2.05, 4.69) is 0 Å². The van der Waals surface area contributed by atoms with Crippen molar-refractivity contribution in [2.75, 3.05) is 33.5 Å². The van der Waals surface area contributed by atoms with Crippen molar-refractivity contribution >= 4 is 0 Å². The van der Waals surface area contributed by atoms with E-state index in [4.69, 9.17) is 19.9 Å². The van der Waals surface area contributed by atoms with Gasteiger partial charge in [0.2, 0.25) is 0 Å². The second-order valence-electron chi connectivity index (χ2n) is 3.28. The Hall–Kier alpha value is -0.160. The van der Waals surface area contributed by atoms with Gasteiger partial charge in [-0.15, -0.1) is 0 Å². The molecule has 1 heterocycles. The molecule has 1 saturated heterocycles. The molecule has 0 radical (unpaired) electrons. The summed E-state index contributed by atoms with van der Waals surface area (Å²) in [5, 5.41) is 0. The van der Waals surface area contributed by atoms with Crippen molar-refractivity contribution in [2.45, 2.75) is 25.0 Å². The molecular formula is C9H19NO3. The summed E-state index contributed by atoms with van der Waals surface area (Å²) in [6, 6.07) is 0. The minimum Gasteiger partial charge on any atom is -0.382 e. The lowest BCUT2D eigenvalue weighted by molar-refractivity contribution is -0.0425. The minimum atomic E-state index is 0.00852. The molecule has 0 bridgehead atoms. The maximum Gasteiger partial charge on any atom is 0.0931 e. The fraction of sp³-hybridized carbons (Fsp3) is 1.00. The van der Waals surface area contributed by atoms with E-state index in [1.54, 1.807) is 7.11 Å². The van der Waals surface area contributed by atoms with Crippen LogP contribution in [-0.4, -0.2) is 45.7 Å². The van der Waals surface area contributed by atoms with Crippen LogP contribution in [-0.2, 0) is 14.2 Å². The topological polar surface area (TPSA) is 53.7 Å². The average molecular weight is 189 g/mol. The van der Waals surface area contributed by atoms with Gasteiger partial charge in [-0.2, -0.15) is 0 Å². The maximum absolute atomic E-state index is 5.54. The Morgan fingerprint density at radius 2 is 2.46 bits per heavy atom. The third-order valence-electron chi connectivity index (χ3n) is 2.16. The summed E-state index contributed by atoms with van der Waals surface area (Å²) >= 11 is 0. The minimum absolute atomic E-state index is 0.00852. The Balaban J connectivity index is 2.07. The smallest absolute Gasteiger partial charge is 0.0931 e. The van der Waals surface area contributed by atoms with Crippen molar-refractivity contribution in [2.24, 2.45) is 5.73 Å². The zero-order valence-corrected chi connectivity index (χ0v) is 8.20. The molecule has 1 aliphatic rings. The summed E-state index contributed by atoms with van der Waals surface area (Å²) in [4.78, 5) is 0. The second-order valence-corrected chi connectivity index (χ2v) is 3.28. The highest BCUT2D eigenvalue weighted by atomic mass is 16.6. The molecule has 1 fully saturated rings. The lowest BCUT2D eigenvalue weighted by atomic mass is 10.2. The van der Waals surface area contributed by atoms with Crippen LogP contribution >= 0.6 is 0 Å². The number of nitrogens with two attached hydrogens (primary N) is 1. The first kappa shape index (κ1) is 10.9. The molecule has 2 N–H and O–H groups in total. The van der Waals surface area contributed by atoms with Crippen LogP contribution < -0.4 is 5.73 Å². The van der Waals surface area contributed by atoms with Gasteiger partial charge in [0.05, 0.1) is 25.4 Å². The summed E-state index contributed by atoms with van der Waals surface area (Å²) < 4.78 is 15.9. The molecule has 4 nitrogen and oxygen atoms in total. The normalized spacial score (nSPS) is 24.9. The SMILES string of the molecule is COCC(CN)OCC1CCCO1. The second kappa shape index (κ2) is 6.32. The Labute approximate surface area is 79.3 Å². The van der Waals surface area contributed by atoms with Crippen molar-refractivity contribution in [3.8, 4) is 0 Å². The Morgan fingerprint density at radius 3 is 3.00 bits per heavy atom. The fourth-order valence-corrected chi connectivity index (χ4v) is 1.39. The van der Waals surface area contributed by atoms with Crippen molar-refractivity contribution in [1.29, 1.82) is 0 Å². The number of hydrogen-bond donors (Lipinski definition) is 1. The zero-order valence-electron chi connectivity index (χ0n) is 8.20. The molecule has 1 rings (SSSR count). The van der Waals surface area contributed by atoms with Crippen molar-refractivity contribution in [3.63, 3.8) is 0 Å². The van der Waals surface area contributed by atoms with Gasteiger partial charge in [0.25, 0.3) is 0 Å². The van der Waals surface area contributed by atoms with E-state index in [1.807, 2.05) is 0 Å². The third-order valence-corrected chi connectivity index (χ3v) is 2.16. The molecule has 1 aliphatic heterocycles. The molecule has 0 saturated carbocycles. The largest absolute Gasteiger partial charge is 0.382 e. The van der Waals surface area contributed by atoms with Crippen LogP contribution in [0.3, 0.4) is 0 Å². The van der Waals surface area contributed by atoms with Crippen LogP contribution in [0.25, 0.3) is 0 Å². The molecule has 0 spiro atoms. The Kier molecular flexibility index (Phi) is 5.31.